The van der Waals surface area contributed by atoms with Crippen molar-refractivity contribution in [3.05, 3.63) is 71.8 Å². The van der Waals surface area contributed by atoms with Crippen molar-refractivity contribution in [1.29, 1.82) is 0 Å². The van der Waals surface area contributed by atoms with Crippen LogP contribution in [0.4, 0.5) is 0 Å². The van der Waals surface area contributed by atoms with Gasteiger partial charge in [-0.1, -0.05) is 29.8 Å². The van der Waals surface area contributed by atoms with Crippen molar-refractivity contribution in [1.82, 2.24) is 25.4 Å². The molecule has 28 heavy (non-hydrogen) atoms. The Bertz CT molecular complexity index is 895. The van der Waals surface area contributed by atoms with E-state index in [0.717, 1.165) is 17.3 Å². The highest BCUT2D eigenvalue weighted by atomic mass is 35.5. The second-order valence-corrected chi connectivity index (χ2v) is 6.58. The fraction of sp³-hybridized carbons (Fsp3) is 0.250. The van der Waals surface area contributed by atoms with Gasteiger partial charge in [-0.2, -0.15) is 0 Å². The van der Waals surface area contributed by atoms with Crippen molar-refractivity contribution in [2.45, 2.75) is 19.6 Å². The zero-order chi connectivity index (χ0) is 19.8. The number of halogens is 1. The van der Waals surface area contributed by atoms with Crippen LogP contribution in [0.1, 0.15) is 12.7 Å². The Morgan fingerprint density at radius 3 is 2.61 bits per heavy atom. The molecule has 0 bridgehead atoms. The zero-order valence-electron chi connectivity index (χ0n) is 15.8. The molecule has 2 aromatic carbocycles. The summed E-state index contributed by atoms with van der Waals surface area (Å²) in [4.78, 5) is 4.24. The monoisotopic (exact) mass is 398 g/mol. The van der Waals surface area contributed by atoms with Gasteiger partial charge in [-0.25, -0.2) is 0 Å². The van der Waals surface area contributed by atoms with Crippen molar-refractivity contribution in [3.63, 3.8) is 0 Å². The second-order valence-electron chi connectivity index (χ2n) is 6.14. The molecule has 3 rings (SSSR count). The van der Waals surface area contributed by atoms with Crippen molar-refractivity contribution >= 4 is 17.6 Å². The number of benzene rings is 2. The average molecular weight is 399 g/mol. The van der Waals surface area contributed by atoms with Gasteiger partial charge in [0.05, 0.1) is 13.1 Å². The molecule has 0 aliphatic carbocycles. The van der Waals surface area contributed by atoms with Gasteiger partial charge in [0, 0.05) is 17.8 Å². The van der Waals surface area contributed by atoms with E-state index in [-0.39, 0.29) is 6.10 Å². The molecule has 1 atom stereocenters. The molecule has 2 N–H and O–H groups in total. The number of hydrogen-bond acceptors (Lipinski definition) is 4. The number of hydrogen-bond donors (Lipinski definition) is 2. The van der Waals surface area contributed by atoms with E-state index in [9.17, 15) is 0 Å². The van der Waals surface area contributed by atoms with Gasteiger partial charge in [0.15, 0.2) is 11.8 Å². The number of rotatable bonds is 7. The van der Waals surface area contributed by atoms with Crippen LogP contribution in [-0.4, -0.2) is 40.4 Å². The minimum atomic E-state index is -0.0484. The number of para-hydroxylation sites is 1. The molecule has 8 heteroatoms. The SMILES string of the molecule is CN=C(NCc1nncn1-c1ccccc1)NCC(C)Oc1ccc(Cl)cc1. The van der Waals surface area contributed by atoms with E-state index in [1.165, 1.54) is 0 Å². The van der Waals surface area contributed by atoms with Crippen LogP contribution in [-0.2, 0) is 6.54 Å². The fourth-order valence-electron chi connectivity index (χ4n) is 2.59. The van der Waals surface area contributed by atoms with Crippen LogP contribution < -0.4 is 15.4 Å². The number of aliphatic imine (C=N–C) groups is 1. The van der Waals surface area contributed by atoms with Crippen LogP contribution in [0.25, 0.3) is 5.69 Å². The Kier molecular flexibility index (Phi) is 6.86. The van der Waals surface area contributed by atoms with Gasteiger partial charge < -0.3 is 15.4 Å². The molecular weight excluding hydrogens is 376 g/mol. The van der Waals surface area contributed by atoms with Crippen LogP contribution in [0.5, 0.6) is 5.75 Å². The number of aromatic nitrogens is 3. The van der Waals surface area contributed by atoms with Crippen molar-refractivity contribution in [3.8, 4) is 11.4 Å². The van der Waals surface area contributed by atoms with E-state index < -0.39 is 0 Å². The molecule has 1 unspecified atom stereocenters. The lowest BCUT2D eigenvalue weighted by Crippen LogP contribution is -2.41. The molecule has 1 aromatic heterocycles. The highest BCUT2D eigenvalue weighted by molar-refractivity contribution is 6.30. The summed E-state index contributed by atoms with van der Waals surface area (Å²) >= 11 is 5.89. The second kappa shape index (κ2) is 9.75. The molecule has 0 amide bonds. The van der Waals surface area contributed by atoms with Crippen LogP contribution in [0.15, 0.2) is 65.9 Å². The summed E-state index contributed by atoms with van der Waals surface area (Å²) < 4.78 is 7.80. The van der Waals surface area contributed by atoms with Crippen LogP contribution in [0.2, 0.25) is 5.02 Å². The smallest absolute Gasteiger partial charge is 0.191 e. The first kappa shape index (κ1) is 19.7. The molecular formula is C20H23ClN6O. The van der Waals surface area contributed by atoms with Crippen molar-refractivity contribution in [2.24, 2.45) is 4.99 Å². The van der Waals surface area contributed by atoms with Gasteiger partial charge in [0.1, 0.15) is 18.2 Å². The fourth-order valence-corrected chi connectivity index (χ4v) is 2.72. The highest BCUT2D eigenvalue weighted by Crippen LogP contribution is 2.16. The minimum absolute atomic E-state index is 0.0484. The minimum Gasteiger partial charge on any atom is -0.489 e. The molecule has 0 radical (unpaired) electrons. The molecule has 0 fully saturated rings. The summed E-state index contributed by atoms with van der Waals surface area (Å²) in [5, 5.41) is 15.4. The molecule has 0 saturated heterocycles. The van der Waals surface area contributed by atoms with E-state index in [1.807, 2.05) is 54.0 Å². The van der Waals surface area contributed by atoms with Crippen LogP contribution >= 0.6 is 11.6 Å². The standard InChI is InChI=1S/C20H23ClN6O/c1-15(28-18-10-8-16(21)9-11-18)12-23-20(22-2)24-13-19-26-25-14-27(19)17-6-4-3-5-7-17/h3-11,14-15H,12-13H2,1-2H3,(H2,22,23,24). The maximum absolute atomic E-state index is 5.89. The third-order valence-electron chi connectivity index (χ3n) is 4.00. The number of ether oxygens (including phenoxy) is 1. The molecule has 0 spiro atoms. The molecule has 0 saturated carbocycles. The van der Waals surface area contributed by atoms with Gasteiger partial charge >= 0.3 is 0 Å². The largest absolute Gasteiger partial charge is 0.489 e. The average Bonchev–Trinajstić information content (AvgIpc) is 3.19. The Morgan fingerprint density at radius 1 is 1.14 bits per heavy atom. The van der Waals surface area contributed by atoms with Gasteiger partial charge in [-0.15, -0.1) is 10.2 Å². The third-order valence-corrected chi connectivity index (χ3v) is 4.25. The highest BCUT2D eigenvalue weighted by Gasteiger charge is 2.09. The Labute approximate surface area is 169 Å². The predicted octanol–water partition coefficient (Wildman–Crippen LogP) is 3.05. The maximum atomic E-state index is 5.89. The summed E-state index contributed by atoms with van der Waals surface area (Å²) in [5.74, 6) is 2.23. The summed E-state index contributed by atoms with van der Waals surface area (Å²) in [6.45, 7) is 3.07. The molecule has 7 nitrogen and oxygen atoms in total. The van der Waals surface area contributed by atoms with Gasteiger partial charge in [0.25, 0.3) is 0 Å². The topological polar surface area (TPSA) is 76.4 Å². The molecule has 0 aliphatic heterocycles. The lowest BCUT2D eigenvalue weighted by atomic mass is 10.3. The van der Waals surface area contributed by atoms with Crippen LogP contribution in [0.3, 0.4) is 0 Å². The lowest BCUT2D eigenvalue weighted by Gasteiger charge is -2.18. The zero-order valence-corrected chi connectivity index (χ0v) is 16.6. The Balaban J connectivity index is 1.50. The lowest BCUT2D eigenvalue weighted by molar-refractivity contribution is 0.224. The molecule has 3 aromatic rings. The molecule has 0 aliphatic rings. The first-order valence-electron chi connectivity index (χ1n) is 8.97. The summed E-state index contributed by atoms with van der Waals surface area (Å²) in [5.41, 5.74) is 1.01. The third kappa shape index (κ3) is 5.47. The number of nitrogens with one attached hydrogen (secondary N) is 2. The Morgan fingerprint density at radius 2 is 1.89 bits per heavy atom. The van der Waals surface area contributed by atoms with E-state index >= 15 is 0 Å². The molecule has 1 heterocycles. The van der Waals surface area contributed by atoms with E-state index in [1.54, 1.807) is 25.5 Å². The summed E-state index contributed by atoms with van der Waals surface area (Å²) in [6.07, 6.45) is 1.65. The van der Waals surface area contributed by atoms with E-state index in [4.69, 9.17) is 16.3 Å². The van der Waals surface area contributed by atoms with Crippen molar-refractivity contribution in [2.75, 3.05) is 13.6 Å². The van der Waals surface area contributed by atoms with E-state index in [0.29, 0.717) is 24.1 Å². The summed E-state index contributed by atoms with van der Waals surface area (Å²) in [7, 11) is 1.72. The summed E-state index contributed by atoms with van der Waals surface area (Å²) in [6, 6.07) is 17.3. The first-order chi connectivity index (χ1) is 13.7. The Hall–Kier alpha value is -3.06. The predicted molar refractivity (Wildman–Crippen MR) is 111 cm³/mol. The van der Waals surface area contributed by atoms with Crippen molar-refractivity contribution < 1.29 is 4.74 Å². The molecule has 146 valence electrons. The van der Waals surface area contributed by atoms with E-state index in [2.05, 4.69) is 25.8 Å². The normalized spacial score (nSPS) is 12.5. The quantitative estimate of drug-likeness (QED) is 0.472. The van der Waals surface area contributed by atoms with Crippen LogP contribution in [0, 0.1) is 0 Å². The maximum Gasteiger partial charge on any atom is 0.191 e. The number of nitrogens with zero attached hydrogens (tertiary/aromatic N) is 4. The van der Waals surface area contributed by atoms with Gasteiger partial charge in [-0.05, 0) is 43.3 Å². The van der Waals surface area contributed by atoms with Gasteiger partial charge in [0.2, 0.25) is 0 Å². The van der Waals surface area contributed by atoms with Gasteiger partial charge in [-0.3, -0.25) is 9.56 Å². The number of guanidine groups is 1. The first-order valence-corrected chi connectivity index (χ1v) is 9.34.